The van der Waals surface area contributed by atoms with E-state index in [4.69, 9.17) is 10.2 Å². The van der Waals surface area contributed by atoms with Crippen LogP contribution in [0.1, 0.15) is 38.7 Å². The summed E-state index contributed by atoms with van der Waals surface area (Å²) in [6.07, 6.45) is 0.816. The van der Waals surface area contributed by atoms with E-state index in [1.54, 1.807) is 14.0 Å². The van der Waals surface area contributed by atoms with Gasteiger partial charge in [-0.3, -0.25) is 0 Å². The first-order chi connectivity index (χ1) is 8.70. The van der Waals surface area contributed by atoms with Crippen LogP contribution in [0.3, 0.4) is 0 Å². The summed E-state index contributed by atoms with van der Waals surface area (Å²) in [6.45, 7) is 7.91. The molecule has 110 valence electrons. The Morgan fingerprint density at radius 2 is 1.95 bits per heavy atom. The molecule has 0 aromatic carbocycles. The van der Waals surface area contributed by atoms with E-state index in [0.717, 1.165) is 6.42 Å². The molecule has 2 N–H and O–H groups in total. The minimum absolute atomic E-state index is 0.0550. The van der Waals surface area contributed by atoms with Crippen molar-refractivity contribution in [2.75, 3.05) is 7.05 Å². The molecule has 1 aromatic rings. The van der Waals surface area contributed by atoms with Gasteiger partial charge < -0.3 is 10.2 Å². The number of hydrogen-bond donors (Lipinski definition) is 1. The minimum Gasteiger partial charge on any atom is -0.464 e. The van der Waals surface area contributed by atoms with Crippen LogP contribution in [-0.2, 0) is 16.6 Å². The number of sulfonamides is 1. The molecule has 5 nitrogen and oxygen atoms in total. The average molecular weight is 288 g/mol. The summed E-state index contributed by atoms with van der Waals surface area (Å²) >= 11 is 0. The van der Waals surface area contributed by atoms with E-state index in [0.29, 0.717) is 17.4 Å². The Hall–Kier alpha value is -0.850. The van der Waals surface area contributed by atoms with E-state index < -0.39 is 10.0 Å². The lowest BCUT2D eigenvalue weighted by molar-refractivity contribution is 0.337. The summed E-state index contributed by atoms with van der Waals surface area (Å²) in [7, 11) is -1.91. The molecule has 0 bridgehead atoms. The highest BCUT2D eigenvalue weighted by Gasteiger charge is 2.29. The first-order valence-corrected chi connectivity index (χ1v) is 7.91. The Balaban J connectivity index is 3.05. The standard InChI is InChI=1S/C13H24N2O3S/c1-9(2)6-10(3)15(5)19(16,17)13-7-12(8-14)18-11(13)4/h7,9-10H,6,8,14H2,1-5H3. The van der Waals surface area contributed by atoms with E-state index in [1.165, 1.54) is 10.4 Å². The third kappa shape index (κ3) is 3.58. The smallest absolute Gasteiger partial charge is 0.246 e. The molecular weight excluding hydrogens is 264 g/mol. The normalized spacial score (nSPS) is 14.3. The van der Waals surface area contributed by atoms with Crippen LogP contribution in [-0.4, -0.2) is 25.8 Å². The number of nitrogens with two attached hydrogens (primary N) is 1. The lowest BCUT2D eigenvalue weighted by Gasteiger charge is -2.25. The van der Waals surface area contributed by atoms with Gasteiger partial charge in [0.1, 0.15) is 16.4 Å². The second kappa shape index (κ2) is 6.07. The predicted octanol–water partition coefficient (Wildman–Crippen LogP) is 2.10. The Morgan fingerprint density at radius 3 is 2.37 bits per heavy atom. The Labute approximate surface area is 115 Å². The van der Waals surface area contributed by atoms with Crippen molar-refractivity contribution in [1.82, 2.24) is 4.31 Å². The summed E-state index contributed by atoms with van der Waals surface area (Å²) in [4.78, 5) is 0.214. The minimum atomic E-state index is -3.52. The average Bonchev–Trinajstić information content (AvgIpc) is 2.69. The van der Waals surface area contributed by atoms with Crippen LogP contribution in [0.15, 0.2) is 15.4 Å². The SMILES string of the molecule is Cc1oc(CN)cc1S(=O)(=O)N(C)C(C)CC(C)C. The molecule has 1 rings (SSSR count). The molecule has 1 heterocycles. The first kappa shape index (κ1) is 16.2. The molecule has 0 amide bonds. The number of aryl methyl sites for hydroxylation is 1. The second-order valence-corrected chi connectivity index (χ2v) is 7.30. The van der Waals surface area contributed by atoms with E-state index in [9.17, 15) is 8.42 Å². The molecule has 1 aromatic heterocycles. The Kier molecular flexibility index (Phi) is 5.18. The zero-order valence-electron chi connectivity index (χ0n) is 12.3. The zero-order chi connectivity index (χ0) is 14.8. The van der Waals surface area contributed by atoms with Gasteiger partial charge in [0.15, 0.2) is 0 Å². The van der Waals surface area contributed by atoms with Gasteiger partial charge in [-0.25, -0.2) is 8.42 Å². The zero-order valence-corrected chi connectivity index (χ0v) is 13.1. The molecule has 0 saturated carbocycles. The second-order valence-electron chi connectivity index (χ2n) is 5.34. The van der Waals surface area contributed by atoms with Gasteiger partial charge in [0.25, 0.3) is 0 Å². The van der Waals surface area contributed by atoms with Gasteiger partial charge in [0, 0.05) is 19.2 Å². The molecule has 1 unspecified atom stereocenters. The number of nitrogens with zero attached hydrogens (tertiary/aromatic N) is 1. The van der Waals surface area contributed by atoms with Gasteiger partial charge in [0.05, 0.1) is 6.54 Å². The topological polar surface area (TPSA) is 76.5 Å². The summed E-state index contributed by atoms with van der Waals surface area (Å²) in [6, 6.07) is 1.46. The van der Waals surface area contributed by atoms with Crippen molar-refractivity contribution in [3.63, 3.8) is 0 Å². The molecule has 6 heteroatoms. The fourth-order valence-electron chi connectivity index (χ4n) is 2.10. The highest BCUT2D eigenvalue weighted by molar-refractivity contribution is 7.89. The molecule has 0 saturated heterocycles. The third-order valence-electron chi connectivity index (χ3n) is 3.21. The number of hydrogen-bond acceptors (Lipinski definition) is 4. The molecule has 19 heavy (non-hydrogen) atoms. The first-order valence-electron chi connectivity index (χ1n) is 6.47. The molecule has 1 atom stereocenters. The molecule has 0 aliphatic rings. The maximum Gasteiger partial charge on any atom is 0.246 e. The molecule has 0 radical (unpaired) electrons. The largest absolute Gasteiger partial charge is 0.464 e. The summed E-state index contributed by atoms with van der Waals surface area (Å²) in [5.41, 5.74) is 5.47. The van der Waals surface area contributed by atoms with Crippen molar-refractivity contribution in [2.24, 2.45) is 11.7 Å². The lowest BCUT2D eigenvalue weighted by Crippen LogP contribution is -2.36. The van der Waals surface area contributed by atoms with Crippen molar-refractivity contribution >= 4 is 10.0 Å². The van der Waals surface area contributed by atoms with Gasteiger partial charge in [-0.05, 0) is 26.2 Å². The van der Waals surface area contributed by atoms with Gasteiger partial charge in [-0.15, -0.1) is 0 Å². The maximum atomic E-state index is 12.5. The summed E-state index contributed by atoms with van der Waals surface area (Å²) in [5.74, 6) is 1.32. The molecule has 0 aliphatic carbocycles. The van der Waals surface area contributed by atoms with E-state index in [-0.39, 0.29) is 17.5 Å². The highest BCUT2D eigenvalue weighted by Crippen LogP contribution is 2.25. The molecule has 0 spiro atoms. The van der Waals surface area contributed by atoms with E-state index in [1.807, 2.05) is 6.92 Å². The van der Waals surface area contributed by atoms with Crippen LogP contribution in [0.5, 0.6) is 0 Å². The monoisotopic (exact) mass is 288 g/mol. The van der Waals surface area contributed by atoms with Crippen LogP contribution in [0.25, 0.3) is 0 Å². The predicted molar refractivity (Wildman–Crippen MR) is 75.2 cm³/mol. The van der Waals surface area contributed by atoms with Crippen LogP contribution in [0.4, 0.5) is 0 Å². The number of rotatable bonds is 6. The van der Waals surface area contributed by atoms with Gasteiger partial charge in [-0.1, -0.05) is 13.8 Å². The fraction of sp³-hybridized carbons (Fsp3) is 0.692. The lowest BCUT2D eigenvalue weighted by atomic mass is 10.1. The molecular formula is C13H24N2O3S. The molecule has 0 fully saturated rings. The van der Waals surface area contributed by atoms with Crippen LogP contribution in [0.2, 0.25) is 0 Å². The fourth-order valence-corrected chi connectivity index (χ4v) is 3.66. The van der Waals surface area contributed by atoms with Crippen molar-refractivity contribution < 1.29 is 12.8 Å². The number of furan rings is 1. The van der Waals surface area contributed by atoms with Crippen molar-refractivity contribution in [2.45, 2.75) is 51.6 Å². The summed E-state index contributed by atoms with van der Waals surface area (Å²) < 4.78 is 31.8. The van der Waals surface area contributed by atoms with E-state index in [2.05, 4.69) is 13.8 Å². The van der Waals surface area contributed by atoms with E-state index >= 15 is 0 Å². The van der Waals surface area contributed by atoms with Gasteiger partial charge in [-0.2, -0.15) is 4.31 Å². The maximum absolute atomic E-state index is 12.5. The summed E-state index contributed by atoms with van der Waals surface area (Å²) in [5, 5.41) is 0. The molecule has 0 aliphatic heterocycles. The van der Waals surface area contributed by atoms with Crippen molar-refractivity contribution in [3.8, 4) is 0 Å². The van der Waals surface area contributed by atoms with Gasteiger partial charge in [0.2, 0.25) is 10.0 Å². The Morgan fingerprint density at radius 1 is 1.37 bits per heavy atom. The van der Waals surface area contributed by atoms with Gasteiger partial charge >= 0.3 is 0 Å². The third-order valence-corrected chi connectivity index (χ3v) is 5.29. The Bertz CT molecular complexity index is 520. The van der Waals surface area contributed by atoms with Crippen molar-refractivity contribution in [1.29, 1.82) is 0 Å². The quantitative estimate of drug-likeness (QED) is 0.869. The van der Waals surface area contributed by atoms with Crippen LogP contribution in [0, 0.1) is 12.8 Å². The van der Waals surface area contributed by atoms with Crippen molar-refractivity contribution in [3.05, 3.63) is 17.6 Å². The van der Waals surface area contributed by atoms with Crippen LogP contribution >= 0.6 is 0 Å². The van der Waals surface area contributed by atoms with Crippen LogP contribution < -0.4 is 5.73 Å². The highest BCUT2D eigenvalue weighted by atomic mass is 32.2.